The normalized spacial score (nSPS) is 12.6. The summed E-state index contributed by atoms with van der Waals surface area (Å²) in [5, 5.41) is 0.369. The average Bonchev–Trinajstić information content (AvgIpc) is 2.89. The minimum Gasteiger partial charge on any atom is -0.496 e. The van der Waals surface area contributed by atoms with E-state index in [0.717, 1.165) is 15.0 Å². The van der Waals surface area contributed by atoms with Gasteiger partial charge in [-0.05, 0) is 41.8 Å². The predicted octanol–water partition coefficient (Wildman–Crippen LogP) is 5.52. The predicted molar refractivity (Wildman–Crippen MR) is 82.4 cm³/mol. The quantitative estimate of drug-likeness (QED) is 0.577. The van der Waals surface area contributed by atoms with Crippen LogP contribution in [0, 0.1) is 11.6 Å². The van der Waals surface area contributed by atoms with Gasteiger partial charge in [-0.2, -0.15) is 0 Å². The number of methoxy groups -OCH3 is 1. The van der Waals surface area contributed by atoms with Crippen LogP contribution in [0.1, 0.15) is 15.8 Å². The summed E-state index contributed by atoms with van der Waals surface area (Å²) in [6.45, 7) is 0. The number of halogens is 3. The monoisotopic (exact) mass is 324 g/mol. The fourth-order valence-corrected chi connectivity index (χ4v) is 3.66. The lowest BCUT2D eigenvalue weighted by molar-refractivity contribution is 0.409. The van der Waals surface area contributed by atoms with Crippen molar-refractivity contribution in [2.45, 2.75) is 5.38 Å². The van der Waals surface area contributed by atoms with Gasteiger partial charge in [0, 0.05) is 15.1 Å². The third kappa shape index (κ3) is 2.74. The van der Waals surface area contributed by atoms with Crippen molar-refractivity contribution in [3.05, 3.63) is 64.5 Å². The van der Waals surface area contributed by atoms with Crippen LogP contribution in [0.15, 0.2) is 42.5 Å². The number of rotatable bonds is 3. The van der Waals surface area contributed by atoms with E-state index in [-0.39, 0.29) is 11.6 Å². The molecule has 0 saturated heterocycles. The largest absolute Gasteiger partial charge is 0.496 e. The highest BCUT2D eigenvalue weighted by molar-refractivity contribution is 7.19. The molecule has 2 aromatic carbocycles. The zero-order valence-corrected chi connectivity index (χ0v) is 12.6. The number of thiophene rings is 1. The summed E-state index contributed by atoms with van der Waals surface area (Å²) in [5.41, 5.74) is 0.561. The summed E-state index contributed by atoms with van der Waals surface area (Å²) in [4.78, 5) is 0.821. The van der Waals surface area contributed by atoms with E-state index < -0.39 is 5.38 Å². The maximum Gasteiger partial charge on any atom is 0.124 e. The van der Waals surface area contributed by atoms with Crippen LogP contribution in [0.3, 0.4) is 0 Å². The van der Waals surface area contributed by atoms with E-state index >= 15 is 0 Å². The second-order valence-corrected chi connectivity index (χ2v) is 6.13. The van der Waals surface area contributed by atoms with Crippen molar-refractivity contribution in [3.63, 3.8) is 0 Å². The summed E-state index contributed by atoms with van der Waals surface area (Å²) in [7, 11) is 1.51. The Balaban J connectivity index is 2.07. The lowest BCUT2D eigenvalue weighted by Crippen LogP contribution is -1.96. The molecule has 108 valence electrons. The lowest BCUT2D eigenvalue weighted by atomic mass is 10.1. The van der Waals surface area contributed by atoms with Gasteiger partial charge in [0.1, 0.15) is 17.4 Å². The maximum atomic E-state index is 13.5. The minimum atomic E-state index is -0.545. The van der Waals surface area contributed by atoms with Crippen LogP contribution in [0.4, 0.5) is 8.78 Å². The maximum absolute atomic E-state index is 13.5. The van der Waals surface area contributed by atoms with E-state index in [2.05, 4.69) is 0 Å². The Morgan fingerprint density at radius 3 is 2.52 bits per heavy atom. The van der Waals surface area contributed by atoms with Crippen molar-refractivity contribution in [2.75, 3.05) is 7.11 Å². The van der Waals surface area contributed by atoms with Gasteiger partial charge in [0.15, 0.2) is 0 Å². The molecule has 1 unspecified atom stereocenters. The molecule has 21 heavy (non-hydrogen) atoms. The molecule has 0 fully saturated rings. The molecule has 0 spiro atoms. The Labute approximate surface area is 129 Å². The van der Waals surface area contributed by atoms with E-state index in [4.69, 9.17) is 16.3 Å². The number of benzene rings is 2. The summed E-state index contributed by atoms with van der Waals surface area (Å²) >= 11 is 7.86. The SMILES string of the molecule is COc1ccc(F)cc1C(Cl)c1cc2ccc(F)cc2s1. The molecule has 5 heteroatoms. The first-order valence-corrected chi connectivity index (χ1v) is 7.50. The molecular formula is C16H11ClF2OS. The number of hydrogen-bond acceptors (Lipinski definition) is 2. The first-order valence-electron chi connectivity index (χ1n) is 6.25. The molecule has 0 aliphatic carbocycles. The summed E-state index contributed by atoms with van der Waals surface area (Å²) in [6.07, 6.45) is 0. The van der Waals surface area contributed by atoms with Gasteiger partial charge < -0.3 is 4.74 Å². The standard InChI is InChI=1S/C16H11ClF2OS/c1-20-13-5-4-10(18)7-12(13)16(17)15-6-9-2-3-11(19)8-14(9)21-15/h2-8,16H,1H3. The Morgan fingerprint density at radius 2 is 1.76 bits per heavy atom. The van der Waals surface area contributed by atoms with Gasteiger partial charge in [-0.1, -0.05) is 6.07 Å². The number of hydrogen-bond donors (Lipinski definition) is 0. The van der Waals surface area contributed by atoms with E-state index in [0.29, 0.717) is 11.3 Å². The fourth-order valence-electron chi connectivity index (χ4n) is 2.21. The van der Waals surface area contributed by atoms with Crippen molar-refractivity contribution >= 4 is 33.0 Å². The third-order valence-corrected chi connectivity index (χ3v) is 4.98. The molecule has 0 aliphatic rings. The van der Waals surface area contributed by atoms with Crippen LogP contribution in [-0.4, -0.2) is 7.11 Å². The summed E-state index contributed by atoms with van der Waals surface area (Å²) < 4.78 is 32.7. The molecular weight excluding hydrogens is 314 g/mol. The first-order chi connectivity index (χ1) is 10.1. The van der Waals surface area contributed by atoms with Gasteiger partial charge >= 0.3 is 0 Å². The second kappa shape index (κ2) is 5.62. The van der Waals surface area contributed by atoms with Crippen molar-refractivity contribution in [1.29, 1.82) is 0 Å². The Kier molecular flexibility index (Phi) is 3.83. The Hall–Kier alpha value is -1.65. The highest BCUT2D eigenvalue weighted by Crippen LogP contribution is 2.40. The molecule has 0 N–H and O–H groups in total. The van der Waals surface area contributed by atoms with Gasteiger partial charge in [-0.15, -0.1) is 22.9 Å². The highest BCUT2D eigenvalue weighted by atomic mass is 35.5. The van der Waals surface area contributed by atoms with Gasteiger partial charge in [-0.3, -0.25) is 0 Å². The molecule has 1 atom stereocenters. The van der Waals surface area contributed by atoms with Crippen LogP contribution in [-0.2, 0) is 0 Å². The number of fused-ring (bicyclic) bond motifs is 1. The van der Waals surface area contributed by atoms with Crippen LogP contribution >= 0.6 is 22.9 Å². The molecule has 0 radical (unpaired) electrons. The smallest absolute Gasteiger partial charge is 0.124 e. The molecule has 0 aliphatic heterocycles. The summed E-state index contributed by atoms with van der Waals surface area (Å²) in [6, 6.07) is 10.7. The molecule has 1 heterocycles. The van der Waals surface area contributed by atoms with Gasteiger partial charge in [0.2, 0.25) is 0 Å². The molecule has 3 aromatic rings. The number of ether oxygens (including phenoxy) is 1. The van der Waals surface area contributed by atoms with Gasteiger partial charge in [0.25, 0.3) is 0 Å². The van der Waals surface area contributed by atoms with Crippen LogP contribution < -0.4 is 4.74 Å². The fraction of sp³-hybridized carbons (Fsp3) is 0.125. The Bertz CT molecular complexity index is 800. The zero-order valence-electron chi connectivity index (χ0n) is 11.1. The first kappa shape index (κ1) is 14.3. The molecule has 3 rings (SSSR count). The van der Waals surface area contributed by atoms with Crippen molar-refractivity contribution in [2.24, 2.45) is 0 Å². The molecule has 0 saturated carbocycles. The molecule has 1 nitrogen and oxygen atoms in total. The van der Waals surface area contributed by atoms with Crippen molar-refractivity contribution < 1.29 is 13.5 Å². The third-order valence-electron chi connectivity index (χ3n) is 3.22. The highest BCUT2D eigenvalue weighted by Gasteiger charge is 2.19. The molecule has 1 aromatic heterocycles. The average molecular weight is 325 g/mol. The summed E-state index contributed by atoms with van der Waals surface area (Å²) in [5.74, 6) is -0.131. The van der Waals surface area contributed by atoms with E-state index in [9.17, 15) is 8.78 Å². The van der Waals surface area contributed by atoms with Gasteiger partial charge in [-0.25, -0.2) is 8.78 Å². The lowest BCUT2D eigenvalue weighted by Gasteiger charge is -2.12. The Morgan fingerprint density at radius 1 is 1.05 bits per heavy atom. The van der Waals surface area contributed by atoms with Gasteiger partial charge in [0.05, 0.1) is 12.5 Å². The number of alkyl halides is 1. The van der Waals surface area contributed by atoms with E-state index in [1.54, 1.807) is 12.1 Å². The minimum absolute atomic E-state index is 0.287. The van der Waals surface area contributed by atoms with Crippen LogP contribution in [0.5, 0.6) is 5.75 Å². The van der Waals surface area contributed by atoms with Crippen molar-refractivity contribution in [3.8, 4) is 5.75 Å². The van der Waals surface area contributed by atoms with Crippen LogP contribution in [0.2, 0.25) is 0 Å². The topological polar surface area (TPSA) is 9.23 Å². The van der Waals surface area contributed by atoms with E-state index in [1.165, 1.54) is 42.7 Å². The molecule has 0 bridgehead atoms. The van der Waals surface area contributed by atoms with Crippen molar-refractivity contribution in [1.82, 2.24) is 0 Å². The second-order valence-electron chi connectivity index (χ2n) is 4.58. The zero-order chi connectivity index (χ0) is 15.0. The van der Waals surface area contributed by atoms with E-state index in [1.807, 2.05) is 6.07 Å². The molecule has 0 amide bonds. The van der Waals surface area contributed by atoms with Crippen LogP contribution in [0.25, 0.3) is 10.1 Å².